The van der Waals surface area contributed by atoms with Crippen molar-refractivity contribution in [2.45, 2.75) is 25.9 Å². The molecule has 1 aromatic heterocycles. The van der Waals surface area contributed by atoms with Crippen LogP contribution < -0.4 is 0 Å². The van der Waals surface area contributed by atoms with Gasteiger partial charge < -0.3 is 19.2 Å². The second-order valence-corrected chi connectivity index (χ2v) is 4.46. The Morgan fingerprint density at radius 3 is 2.89 bits per heavy atom. The molecule has 19 heavy (non-hydrogen) atoms. The summed E-state index contributed by atoms with van der Waals surface area (Å²) in [6, 6.07) is 3.44. The fourth-order valence-corrected chi connectivity index (χ4v) is 2.06. The van der Waals surface area contributed by atoms with E-state index in [4.69, 9.17) is 14.3 Å². The molecule has 6 heteroatoms. The monoisotopic (exact) mass is 267 g/mol. The first-order valence-corrected chi connectivity index (χ1v) is 6.31. The molecule has 1 N–H and O–H groups in total. The number of aliphatic carboxylic acids is 1. The van der Waals surface area contributed by atoms with E-state index in [-0.39, 0.29) is 18.9 Å². The molecule has 0 aliphatic carbocycles. The molecule has 1 fully saturated rings. The van der Waals surface area contributed by atoms with Crippen molar-refractivity contribution in [1.82, 2.24) is 4.90 Å². The lowest BCUT2D eigenvalue weighted by Gasteiger charge is -2.31. The third kappa shape index (κ3) is 3.35. The smallest absolute Gasteiger partial charge is 0.306 e. The highest BCUT2D eigenvalue weighted by Crippen LogP contribution is 2.15. The number of aryl methyl sites for hydroxylation is 1. The minimum Gasteiger partial charge on any atom is -0.481 e. The number of hydrogen-bond acceptors (Lipinski definition) is 4. The predicted octanol–water partition coefficient (Wildman–Crippen LogP) is 1.16. The molecule has 1 aliphatic rings. The van der Waals surface area contributed by atoms with Crippen LogP contribution in [-0.2, 0) is 16.0 Å². The average Bonchev–Trinajstić information content (AvgIpc) is 2.86. The van der Waals surface area contributed by atoms with Crippen LogP contribution in [0, 0.1) is 0 Å². The second kappa shape index (κ2) is 5.88. The van der Waals surface area contributed by atoms with Crippen LogP contribution in [0.25, 0.3) is 0 Å². The number of hydrogen-bond donors (Lipinski definition) is 1. The largest absolute Gasteiger partial charge is 0.481 e. The SMILES string of the molecule is CCc1ccc(C(=O)N2CCOC(CC(=O)O)C2)o1. The van der Waals surface area contributed by atoms with E-state index in [9.17, 15) is 9.59 Å². The summed E-state index contributed by atoms with van der Waals surface area (Å²) in [4.78, 5) is 24.4. The van der Waals surface area contributed by atoms with Crippen LogP contribution in [-0.4, -0.2) is 47.7 Å². The van der Waals surface area contributed by atoms with Gasteiger partial charge in [-0.05, 0) is 12.1 Å². The molecular weight excluding hydrogens is 250 g/mol. The molecule has 1 amide bonds. The zero-order chi connectivity index (χ0) is 13.8. The Hall–Kier alpha value is -1.82. The Morgan fingerprint density at radius 2 is 2.26 bits per heavy atom. The number of amides is 1. The van der Waals surface area contributed by atoms with Crippen LogP contribution in [0.1, 0.15) is 29.7 Å². The van der Waals surface area contributed by atoms with Gasteiger partial charge in [0.2, 0.25) is 0 Å². The molecule has 1 unspecified atom stereocenters. The van der Waals surface area contributed by atoms with Gasteiger partial charge in [0.25, 0.3) is 5.91 Å². The van der Waals surface area contributed by atoms with Crippen molar-refractivity contribution in [3.63, 3.8) is 0 Å². The van der Waals surface area contributed by atoms with Gasteiger partial charge in [0.05, 0.1) is 19.1 Å². The summed E-state index contributed by atoms with van der Waals surface area (Å²) in [6.07, 6.45) is 0.191. The van der Waals surface area contributed by atoms with Crippen LogP contribution in [0.15, 0.2) is 16.5 Å². The first kappa shape index (κ1) is 13.6. The van der Waals surface area contributed by atoms with Crippen molar-refractivity contribution in [3.05, 3.63) is 23.7 Å². The van der Waals surface area contributed by atoms with E-state index in [1.807, 2.05) is 6.92 Å². The first-order valence-electron chi connectivity index (χ1n) is 6.31. The zero-order valence-corrected chi connectivity index (χ0v) is 10.8. The van der Waals surface area contributed by atoms with E-state index in [0.29, 0.717) is 18.9 Å². The molecule has 1 aromatic rings. The van der Waals surface area contributed by atoms with E-state index in [1.54, 1.807) is 17.0 Å². The Morgan fingerprint density at radius 1 is 1.47 bits per heavy atom. The van der Waals surface area contributed by atoms with Crippen LogP contribution in [0.4, 0.5) is 0 Å². The third-order valence-corrected chi connectivity index (χ3v) is 3.05. The Kier molecular flexibility index (Phi) is 4.21. The van der Waals surface area contributed by atoms with Gasteiger partial charge in [-0.25, -0.2) is 0 Å². The molecule has 2 heterocycles. The van der Waals surface area contributed by atoms with Crippen molar-refractivity contribution in [2.75, 3.05) is 19.7 Å². The molecule has 104 valence electrons. The fourth-order valence-electron chi connectivity index (χ4n) is 2.06. The van der Waals surface area contributed by atoms with Gasteiger partial charge >= 0.3 is 5.97 Å². The molecule has 0 bridgehead atoms. The number of furan rings is 1. The van der Waals surface area contributed by atoms with Crippen LogP contribution in [0.2, 0.25) is 0 Å². The lowest BCUT2D eigenvalue weighted by atomic mass is 10.2. The minimum absolute atomic E-state index is 0.0951. The number of carbonyl (C=O) groups is 2. The summed E-state index contributed by atoms with van der Waals surface area (Å²) < 4.78 is 10.7. The second-order valence-electron chi connectivity index (χ2n) is 4.46. The summed E-state index contributed by atoms with van der Waals surface area (Å²) >= 11 is 0. The van der Waals surface area contributed by atoms with Gasteiger partial charge in [0, 0.05) is 19.5 Å². The highest BCUT2D eigenvalue weighted by molar-refractivity contribution is 5.91. The maximum absolute atomic E-state index is 12.2. The van der Waals surface area contributed by atoms with Crippen molar-refractivity contribution in [2.24, 2.45) is 0 Å². The van der Waals surface area contributed by atoms with Crippen molar-refractivity contribution in [1.29, 1.82) is 0 Å². The van der Waals surface area contributed by atoms with E-state index in [0.717, 1.165) is 12.2 Å². The Balaban J connectivity index is 2.00. The quantitative estimate of drug-likeness (QED) is 0.885. The number of ether oxygens (including phenoxy) is 1. The molecule has 0 spiro atoms. The number of carbonyl (C=O) groups excluding carboxylic acids is 1. The van der Waals surface area contributed by atoms with Crippen LogP contribution in [0.5, 0.6) is 0 Å². The third-order valence-electron chi connectivity index (χ3n) is 3.05. The van der Waals surface area contributed by atoms with E-state index in [1.165, 1.54) is 0 Å². The molecule has 0 aromatic carbocycles. The molecular formula is C13H17NO5. The Bertz CT molecular complexity index is 467. The first-order chi connectivity index (χ1) is 9.10. The molecule has 2 rings (SSSR count). The predicted molar refractivity (Wildman–Crippen MR) is 66.0 cm³/mol. The summed E-state index contributed by atoms with van der Waals surface area (Å²) in [5.41, 5.74) is 0. The average molecular weight is 267 g/mol. The molecule has 0 radical (unpaired) electrons. The van der Waals surface area contributed by atoms with Crippen molar-refractivity contribution in [3.8, 4) is 0 Å². The lowest BCUT2D eigenvalue weighted by molar-refractivity contribution is -0.141. The van der Waals surface area contributed by atoms with Gasteiger partial charge in [-0.1, -0.05) is 6.92 Å². The topological polar surface area (TPSA) is 80.0 Å². The summed E-state index contributed by atoms with van der Waals surface area (Å²) in [5, 5.41) is 8.74. The van der Waals surface area contributed by atoms with Crippen LogP contribution >= 0.6 is 0 Å². The van der Waals surface area contributed by atoms with Crippen molar-refractivity contribution >= 4 is 11.9 Å². The van der Waals surface area contributed by atoms with Crippen LogP contribution in [0.3, 0.4) is 0 Å². The number of carboxylic acids is 1. The Labute approximate surface area is 110 Å². The molecule has 1 aliphatic heterocycles. The maximum atomic E-state index is 12.2. The molecule has 1 saturated heterocycles. The van der Waals surface area contributed by atoms with Crippen molar-refractivity contribution < 1.29 is 23.8 Å². The van der Waals surface area contributed by atoms with Gasteiger partial charge in [-0.2, -0.15) is 0 Å². The van der Waals surface area contributed by atoms with Gasteiger partial charge in [-0.15, -0.1) is 0 Å². The summed E-state index contributed by atoms with van der Waals surface area (Å²) in [5.74, 6) is -0.0736. The number of carboxylic acid groups (broad SMARTS) is 1. The summed E-state index contributed by atoms with van der Waals surface area (Å²) in [6.45, 7) is 3.04. The highest BCUT2D eigenvalue weighted by Gasteiger charge is 2.27. The number of rotatable bonds is 4. The summed E-state index contributed by atoms with van der Waals surface area (Å²) in [7, 11) is 0. The standard InChI is InChI=1S/C13H17NO5/c1-2-9-3-4-11(19-9)13(17)14-5-6-18-10(8-14)7-12(15)16/h3-4,10H,2,5-8H2,1H3,(H,15,16). The normalized spacial score (nSPS) is 19.4. The van der Waals surface area contributed by atoms with E-state index >= 15 is 0 Å². The highest BCUT2D eigenvalue weighted by atomic mass is 16.5. The van der Waals surface area contributed by atoms with E-state index in [2.05, 4.69) is 0 Å². The molecule has 6 nitrogen and oxygen atoms in total. The molecule has 1 atom stereocenters. The lowest BCUT2D eigenvalue weighted by Crippen LogP contribution is -2.46. The van der Waals surface area contributed by atoms with E-state index < -0.39 is 12.1 Å². The maximum Gasteiger partial charge on any atom is 0.306 e. The molecule has 0 saturated carbocycles. The number of nitrogens with zero attached hydrogens (tertiary/aromatic N) is 1. The number of morpholine rings is 1. The zero-order valence-electron chi connectivity index (χ0n) is 10.8. The van der Waals surface area contributed by atoms with Gasteiger partial charge in [0.15, 0.2) is 5.76 Å². The van der Waals surface area contributed by atoms with Gasteiger partial charge in [0.1, 0.15) is 5.76 Å². The van der Waals surface area contributed by atoms with Gasteiger partial charge in [-0.3, -0.25) is 9.59 Å². The minimum atomic E-state index is -0.925. The fraction of sp³-hybridized carbons (Fsp3) is 0.538.